The number of halogens is 1. The van der Waals surface area contributed by atoms with Crippen molar-refractivity contribution in [2.75, 3.05) is 5.88 Å². The summed E-state index contributed by atoms with van der Waals surface area (Å²) in [5, 5.41) is 0. The second kappa shape index (κ2) is 6.54. The first-order valence-electron chi connectivity index (χ1n) is 5.16. The fourth-order valence-electron chi connectivity index (χ4n) is 1.79. The standard InChI is InChI=1S/C11H19Cl/c12-10-6-2-1-3-7-11-8-4-5-9-11/h4,8,11H,1-3,5-7,9-10H2/t11-/m1/s1. The first-order chi connectivity index (χ1) is 5.93. The highest BCUT2D eigenvalue weighted by molar-refractivity contribution is 6.17. The van der Waals surface area contributed by atoms with Gasteiger partial charge in [-0.3, -0.25) is 0 Å². The highest BCUT2D eigenvalue weighted by atomic mass is 35.5. The molecule has 12 heavy (non-hydrogen) atoms. The molecule has 0 N–H and O–H groups in total. The topological polar surface area (TPSA) is 0 Å². The summed E-state index contributed by atoms with van der Waals surface area (Å²) < 4.78 is 0. The second-order valence-corrected chi connectivity index (χ2v) is 4.04. The minimum absolute atomic E-state index is 0.837. The number of allylic oxidation sites excluding steroid dienone is 2. The van der Waals surface area contributed by atoms with Crippen molar-refractivity contribution < 1.29 is 0 Å². The quantitative estimate of drug-likeness (QED) is 0.332. The number of rotatable bonds is 6. The molecule has 70 valence electrons. The molecule has 0 saturated heterocycles. The lowest BCUT2D eigenvalue weighted by Gasteiger charge is -2.05. The Bertz CT molecular complexity index is 129. The summed E-state index contributed by atoms with van der Waals surface area (Å²) in [5.41, 5.74) is 0. The monoisotopic (exact) mass is 186 g/mol. The third kappa shape index (κ3) is 4.15. The van der Waals surface area contributed by atoms with Gasteiger partial charge in [0.05, 0.1) is 0 Å². The molecule has 0 aliphatic heterocycles. The maximum Gasteiger partial charge on any atom is 0.0223 e. The lowest BCUT2D eigenvalue weighted by Crippen LogP contribution is -1.91. The van der Waals surface area contributed by atoms with Crippen molar-refractivity contribution >= 4 is 11.6 Å². The molecular weight excluding hydrogens is 168 g/mol. The smallest absolute Gasteiger partial charge is 0.0223 e. The van der Waals surface area contributed by atoms with E-state index in [4.69, 9.17) is 11.6 Å². The molecule has 0 bridgehead atoms. The molecule has 1 heteroatoms. The number of alkyl halides is 1. The van der Waals surface area contributed by atoms with Crippen LogP contribution in [0.15, 0.2) is 12.2 Å². The largest absolute Gasteiger partial charge is 0.127 e. The van der Waals surface area contributed by atoms with Crippen LogP contribution in [0, 0.1) is 5.92 Å². The number of hydrogen-bond acceptors (Lipinski definition) is 0. The van der Waals surface area contributed by atoms with Crippen molar-refractivity contribution in [3.63, 3.8) is 0 Å². The Balaban J connectivity index is 1.85. The Kier molecular flexibility index (Phi) is 5.51. The number of hydrogen-bond donors (Lipinski definition) is 0. The molecule has 0 aromatic heterocycles. The van der Waals surface area contributed by atoms with E-state index in [1.54, 1.807) is 0 Å². The van der Waals surface area contributed by atoms with E-state index in [1.165, 1.54) is 44.9 Å². The summed E-state index contributed by atoms with van der Waals surface area (Å²) in [4.78, 5) is 0. The average molecular weight is 187 g/mol. The zero-order valence-electron chi connectivity index (χ0n) is 7.77. The Morgan fingerprint density at radius 1 is 1.17 bits per heavy atom. The molecule has 0 spiro atoms. The molecule has 0 amide bonds. The van der Waals surface area contributed by atoms with Crippen LogP contribution < -0.4 is 0 Å². The van der Waals surface area contributed by atoms with Crippen molar-refractivity contribution in [3.05, 3.63) is 12.2 Å². The second-order valence-electron chi connectivity index (χ2n) is 3.66. The Hall–Kier alpha value is 0.0300. The van der Waals surface area contributed by atoms with Gasteiger partial charge in [0, 0.05) is 5.88 Å². The molecule has 0 aromatic rings. The van der Waals surface area contributed by atoms with E-state index >= 15 is 0 Å². The van der Waals surface area contributed by atoms with Gasteiger partial charge >= 0.3 is 0 Å². The van der Waals surface area contributed by atoms with E-state index in [1.807, 2.05) is 0 Å². The van der Waals surface area contributed by atoms with E-state index in [9.17, 15) is 0 Å². The van der Waals surface area contributed by atoms with Gasteiger partial charge in [-0.25, -0.2) is 0 Å². The molecule has 0 saturated carbocycles. The van der Waals surface area contributed by atoms with Crippen molar-refractivity contribution in [1.29, 1.82) is 0 Å². The highest BCUT2D eigenvalue weighted by Crippen LogP contribution is 2.22. The predicted octanol–water partition coefficient (Wildman–Crippen LogP) is 4.14. The summed E-state index contributed by atoms with van der Waals surface area (Å²) in [5.74, 6) is 1.74. The van der Waals surface area contributed by atoms with Gasteiger partial charge in [0.25, 0.3) is 0 Å². The van der Waals surface area contributed by atoms with Gasteiger partial charge in [0.15, 0.2) is 0 Å². The lowest BCUT2D eigenvalue weighted by molar-refractivity contribution is 0.523. The molecule has 0 radical (unpaired) electrons. The summed E-state index contributed by atoms with van der Waals surface area (Å²) in [6.45, 7) is 0. The molecular formula is C11H19Cl. The summed E-state index contributed by atoms with van der Waals surface area (Å²) in [6, 6.07) is 0. The van der Waals surface area contributed by atoms with E-state index < -0.39 is 0 Å². The minimum Gasteiger partial charge on any atom is -0.127 e. The van der Waals surface area contributed by atoms with Crippen molar-refractivity contribution in [3.8, 4) is 0 Å². The maximum absolute atomic E-state index is 5.60. The normalized spacial score (nSPS) is 21.9. The molecule has 0 heterocycles. The Morgan fingerprint density at radius 3 is 2.67 bits per heavy atom. The molecule has 0 unspecified atom stereocenters. The van der Waals surface area contributed by atoms with E-state index in [0.29, 0.717) is 0 Å². The number of unbranched alkanes of at least 4 members (excludes halogenated alkanes) is 3. The van der Waals surface area contributed by atoms with E-state index in [0.717, 1.165) is 11.8 Å². The zero-order valence-corrected chi connectivity index (χ0v) is 8.52. The SMILES string of the molecule is ClCCCCCC[C@@H]1C=CCC1. The van der Waals surface area contributed by atoms with Crippen LogP contribution in [0.1, 0.15) is 44.9 Å². The molecule has 0 nitrogen and oxygen atoms in total. The van der Waals surface area contributed by atoms with Crippen LogP contribution in [0.3, 0.4) is 0 Å². The Morgan fingerprint density at radius 2 is 2.00 bits per heavy atom. The average Bonchev–Trinajstić information content (AvgIpc) is 2.57. The summed E-state index contributed by atoms with van der Waals surface area (Å²) in [7, 11) is 0. The molecule has 0 fully saturated rings. The van der Waals surface area contributed by atoms with Crippen LogP contribution >= 0.6 is 11.6 Å². The van der Waals surface area contributed by atoms with Gasteiger partial charge in [0.1, 0.15) is 0 Å². The van der Waals surface area contributed by atoms with Crippen LogP contribution in [-0.4, -0.2) is 5.88 Å². The van der Waals surface area contributed by atoms with Gasteiger partial charge in [-0.15, -0.1) is 11.6 Å². The maximum atomic E-state index is 5.60. The van der Waals surface area contributed by atoms with Crippen molar-refractivity contribution in [2.45, 2.75) is 44.9 Å². The first kappa shape index (κ1) is 10.1. The van der Waals surface area contributed by atoms with Gasteiger partial charge in [-0.1, -0.05) is 31.4 Å². The molecule has 0 aromatic carbocycles. The van der Waals surface area contributed by atoms with Crippen LogP contribution in [-0.2, 0) is 0 Å². The molecule has 1 rings (SSSR count). The van der Waals surface area contributed by atoms with Crippen LogP contribution in [0.4, 0.5) is 0 Å². The molecule has 1 atom stereocenters. The van der Waals surface area contributed by atoms with E-state index in [2.05, 4.69) is 12.2 Å². The van der Waals surface area contributed by atoms with Crippen LogP contribution in [0.25, 0.3) is 0 Å². The molecule has 1 aliphatic carbocycles. The van der Waals surface area contributed by atoms with Gasteiger partial charge in [-0.05, 0) is 31.6 Å². The van der Waals surface area contributed by atoms with Gasteiger partial charge in [-0.2, -0.15) is 0 Å². The molecule has 1 aliphatic rings. The summed E-state index contributed by atoms with van der Waals surface area (Å²) in [6.07, 6.45) is 14.1. The Labute approximate surface area is 81.0 Å². The lowest BCUT2D eigenvalue weighted by atomic mass is 10.0. The predicted molar refractivity (Wildman–Crippen MR) is 55.7 cm³/mol. The minimum atomic E-state index is 0.837. The van der Waals surface area contributed by atoms with Crippen LogP contribution in [0.5, 0.6) is 0 Å². The zero-order chi connectivity index (χ0) is 8.65. The first-order valence-corrected chi connectivity index (χ1v) is 5.69. The fourth-order valence-corrected chi connectivity index (χ4v) is 1.98. The van der Waals surface area contributed by atoms with Crippen molar-refractivity contribution in [2.24, 2.45) is 5.92 Å². The third-order valence-corrected chi connectivity index (χ3v) is 2.84. The third-order valence-electron chi connectivity index (χ3n) is 2.57. The van der Waals surface area contributed by atoms with Gasteiger partial charge in [0.2, 0.25) is 0 Å². The highest BCUT2D eigenvalue weighted by Gasteiger charge is 2.07. The fraction of sp³-hybridized carbons (Fsp3) is 0.818. The summed E-state index contributed by atoms with van der Waals surface area (Å²) >= 11 is 5.60. The van der Waals surface area contributed by atoms with Gasteiger partial charge < -0.3 is 0 Å². The van der Waals surface area contributed by atoms with E-state index in [-0.39, 0.29) is 0 Å². The van der Waals surface area contributed by atoms with Crippen molar-refractivity contribution in [1.82, 2.24) is 0 Å². The van der Waals surface area contributed by atoms with Crippen LogP contribution in [0.2, 0.25) is 0 Å².